The first-order valence-electron chi connectivity index (χ1n) is 2.29. The summed E-state index contributed by atoms with van der Waals surface area (Å²) < 4.78 is 0. The lowest BCUT2D eigenvalue weighted by Gasteiger charge is -1.79. The van der Waals surface area contributed by atoms with Gasteiger partial charge in [-0.15, -0.1) is 0 Å². The van der Waals surface area contributed by atoms with E-state index in [1.807, 2.05) is 6.07 Å². The van der Waals surface area contributed by atoms with Crippen molar-refractivity contribution in [3.05, 3.63) is 0 Å². The van der Waals surface area contributed by atoms with Gasteiger partial charge >= 0.3 is 0 Å². The third kappa shape index (κ3) is 0.175. The third-order valence-corrected chi connectivity index (χ3v) is 1.72. The average Bonchev–Trinajstić information content (AvgIpc) is 2.47. The van der Waals surface area contributed by atoms with Crippen molar-refractivity contribution >= 4 is 5.78 Å². The quantitative estimate of drug-likeness (QED) is 0.421. The van der Waals surface area contributed by atoms with Gasteiger partial charge in [-0.25, -0.2) is 0 Å². The summed E-state index contributed by atoms with van der Waals surface area (Å²) in [5.41, 5.74) is 0. The van der Waals surface area contributed by atoms with E-state index < -0.39 is 0 Å². The molecule has 2 fully saturated rings. The Labute approximate surface area is 40.7 Å². The third-order valence-electron chi connectivity index (χ3n) is 1.72. The molecule has 0 saturated heterocycles. The minimum atomic E-state index is 0.132. The van der Waals surface area contributed by atoms with Gasteiger partial charge in [-0.1, -0.05) is 0 Å². The zero-order valence-electron chi connectivity index (χ0n) is 3.59. The molecular formula is C5H3NO. The van der Waals surface area contributed by atoms with Crippen LogP contribution in [0.1, 0.15) is 0 Å². The lowest BCUT2D eigenvalue weighted by molar-refractivity contribution is -0.114. The molecular weight excluding hydrogens is 90.1 g/mol. The Hall–Kier alpha value is -0.840. The SMILES string of the molecule is N#CC1C2C(=O)C12. The molecule has 0 radical (unpaired) electrons. The first-order chi connectivity index (χ1) is 3.36. The van der Waals surface area contributed by atoms with Crippen molar-refractivity contribution in [2.24, 2.45) is 17.8 Å². The van der Waals surface area contributed by atoms with Crippen molar-refractivity contribution in [1.29, 1.82) is 5.26 Å². The maximum Gasteiger partial charge on any atom is 0.143 e. The molecule has 7 heavy (non-hydrogen) atoms. The molecule has 2 rings (SSSR count). The molecule has 0 aromatic carbocycles. The predicted octanol–water partition coefficient (Wildman–Crippen LogP) is -0.0451. The predicted molar refractivity (Wildman–Crippen MR) is 21.1 cm³/mol. The number of hydrogen-bond acceptors (Lipinski definition) is 2. The minimum Gasteiger partial charge on any atom is -0.299 e. The number of hydrogen-bond donors (Lipinski definition) is 0. The molecule has 2 unspecified atom stereocenters. The fraction of sp³-hybridized carbons (Fsp3) is 0.600. The fourth-order valence-electron chi connectivity index (χ4n) is 0.986. The summed E-state index contributed by atoms with van der Waals surface area (Å²) in [6.07, 6.45) is 0. The van der Waals surface area contributed by atoms with Crippen LogP contribution in [0.4, 0.5) is 0 Å². The first-order valence-corrected chi connectivity index (χ1v) is 2.29. The van der Waals surface area contributed by atoms with Gasteiger partial charge in [0.05, 0.1) is 12.0 Å². The Bertz CT molecular complexity index is 167. The van der Waals surface area contributed by atoms with E-state index in [0.29, 0.717) is 5.78 Å². The molecule has 0 N–H and O–H groups in total. The molecule has 2 aliphatic carbocycles. The van der Waals surface area contributed by atoms with Crippen molar-refractivity contribution in [1.82, 2.24) is 0 Å². The molecule has 0 aromatic heterocycles. The van der Waals surface area contributed by atoms with E-state index in [1.165, 1.54) is 0 Å². The van der Waals surface area contributed by atoms with Gasteiger partial charge in [-0.05, 0) is 0 Å². The Morgan fingerprint density at radius 1 is 1.57 bits per heavy atom. The van der Waals surface area contributed by atoms with Crippen molar-refractivity contribution in [2.45, 2.75) is 0 Å². The van der Waals surface area contributed by atoms with E-state index >= 15 is 0 Å². The Balaban J connectivity index is 2.14. The molecule has 0 heterocycles. The number of rotatable bonds is 0. The zero-order chi connectivity index (χ0) is 5.02. The van der Waals surface area contributed by atoms with Crippen LogP contribution in [0.15, 0.2) is 0 Å². The molecule has 34 valence electrons. The van der Waals surface area contributed by atoms with Gasteiger partial charge < -0.3 is 0 Å². The second-order valence-electron chi connectivity index (χ2n) is 2.11. The monoisotopic (exact) mass is 93.0 g/mol. The summed E-state index contributed by atoms with van der Waals surface area (Å²) >= 11 is 0. The van der Waals surface area contributed by atoms with E-state index in [2.05, 4.69) is 0 Å². The van der Waals surface area contributed by atoms with Crippen LogP contribution >= 0.6 is 0 Å². The van der Waals surface area contributed by atoms with Crippen LogP contribution in [-0.2, 0) is 4.79 Å². The molecule has 0 amide bonds. The zero-order valence-corrected chi connectivity index (χ0v) is 3.59. The van der Waals surface area contributed by atoms with Crippen LogP contribution in [0, 0.1) is 29.1 Å². The number of carbonyl (C=O) groups excluding carboxylic acids is 1. The second-order valence-corrected chi connectivity index (χ2v) is 2.11. The molecule has 0 aromatic rings. The molecule has 2 aliphatic rings. The molecule has 2 saturated carbocycles. The van der Waals surface area contributed by atoms with Gasteiger partial charge in [-0.2, -0.15) is 5.26 Å². The maximum absolute atomic E-state index is 10.2. The average molecular weight is 93.1 g/mol. The van der Waals surface area contributed by atoms with E-state index in [1.54, 1.807) is 0 Å². The topological polar surface area (TPSA) is 40.9 Å². The standard InChI is InChI=1S/C5H3NO/c6-1-2-3-4(2)5(3)7/h2-4H. The number of nitrogens with zero attached hydrogens (tertiary/aromatic N) is 1. The van der Waals surface area contributed by atoms with E-state index in [0.717, 1.165) is 0 Å². The molecule has 0 aliphatic heterocycles. The van der Waals surface area contributed by atoms with E-state index in [4.69, 9.17) is 5.26 Å². The maximum atomic E-state index is 10.2. The van der Waals surface area contributed by atoms with Crippen LogP contribution in [0.2, 0.25) is 0 Å². The highest BCUT2D eigenvalue weighted by molar-refractivity contribution is 6.08. The number of fused-ring (bicyclic) bond motifs is 1. The van der Waals surface area contributed by atoms with Gasteiger partial charge in [0.15, 0.2) is 0 Å². The fourth-order valence-corrected chi connectivity index (χ4v) is 0.986. The van der Waals surface area contributed by atoms with Crippen LogP contribution < -0.4 is 0 Å². The van der Waals surface area contributed by atoms with Gasteiger partial charge in [0, 0.05) is 11.8 Å². The molecule has 0 bridgehead atoms. The first kappa shape index (κ1) is 3.20. The van der Waals surface area contributed by atoms with E-state index in [9.17, 15) is 4.79 Å². The number of nitriles is 1. The minimum absolute atomic E-state index is 0.132. The number of carbonyl (C=O) groups is 1. The van der Waals surface area contributed by atoms with Gasteiger partial charge in [0.1, 0.15) is 5.78 Å². The van der Waals surface area contributed by atoms with Gasteiger partial charge in [0.2, 0.25) is 0 Å². The summed E-state index contributed by atoms with van der Waals surface area (Å²) in [5, 5.41) is 8.12. The Morgan fingerprint density at radius 2 is 2.14 bits per heavy atom. The molecule has 2 atom stereocenters. The normalized spacial score (nSPS) is 52.4. The van der Waals surface area contributed by atoms with Crippen molar-refractivity contribution in [3.8, 4) is 6.07 Å². The highest BCUT2D eigenvalue weighted by Crippen LogP contribution is 2.63. The molecule has 0 spiro atoms. The van der Waals surface area contributed by atoms with Gasteiger partial charge in [-0.3, -0.25) is 4.79 Å². The summed E-state index contributed by atoms with van der Waals surface area (Å²) in [6, 6.07) is 2.05. The summed E-state index contributed by atoms with van der Waals surface area (Å²) in [4.78, 5) is 10.2. The largest absolute Gasteiger partial charge is 0.299 e. The highest BCUT2D eigenvalue weighted by atomic mass is 16.1. The van der Waals surface area contributed by atoms with Crippen LogP contribution in [0.25, 0.3) is 0 Å². The van der Waals surface area contributed by atoms with Crippen molar-refractivity contribution in [3.63, 3.8) is 0 Å². The van der Waals surface area contributed by atoms with Crippen molar-refractivity contribution < 1.29 is 4.79 Å². The van der Waals surface area contributed by atoms with Crippen LogP contribution in [-0.4, -0.2) is 5.78 Å². The Kier molecular flexibility index (Phi) is 0.276. The van der Waals surface area contributed by atoms with Crippen molar-refractivity contribution in [2.75, 3.05) is 0 Å². The lowest BCUT2D eigenvalue weighted by Crippen LogP contribution is -1.93. The highest BCUT2D eigenvalue weighted by Gasteiger charge is 2.74. The lowest BCUT2D eigenvalue weighted by atomic mass is 10.2. The van der Waals surface area contributed by atoms with Crippen LogP contribution in [0.3, 0.4) is 0 Å². The summed E-state index contributed by atoms with van der Waals surface area (Å²) in [7, 11) is 0. The smallest absolute Gasteiger partial charge is 0.143 e. The summed E-state index contributed by atoms with van der Waals surface area (Å²) in [5.74, 6) is 0.842. The number of Topliss-reactive ketones (excluding diaryl/α,β-unsaturated/α-hetero) is 1. The van der Waals surface area contributed by atoms with Crippen LogP contribution in [0.5, 0.6) is 0 Å². The number of ketones is 1. The molecule has 2 nitrogen and oxygen atoms in total. The van der Waals surface area contributed by atoms with Gasteiger partial charge in [0.25, 0.3) is 0 Å². The van der Waals surface area contributed by atoms with E-state index in [-0.39, 0.29) is 17.8 Å². The Morgan fingerprint density at radius 3 is 2.29 bits per heavy atom. The molecule has 2 heteroatoms. The second kappa shape index (κ2) is 0.604. The summed E-state index contributed by atoms with van der Waals surface area (Å²) in [6.45, 7) is 0.